The van der Waals surface area contributed by atoms with Crippen LogP contribution in [-0.2, 0) is 4.79 Å². The lowest BCUT2D eigenvalue weighted by atomic mass is 10.1. The molecule has 0 fully saturated rings. The molecule has 116 valence electrons. The fraction of sp³-hybridized carbons (Fsp3) is 0.467. The molecular formula is C15H21BrN2O3. The number of halogens is 1. The van der Waals surface area contributed by atoms with Crippen LogP contribution in [0.5, 0.6) is 0 Å². The van der Waals surface area contributed by atoms with Gasteiger partial charge in [-0.05, 0) is 51.5 Å². The third kappa shape index (κ3) is 5.38. The van der Waals surface area contributed by atoms with E-state index in [0.717, 1.165) is 10.0 Å². The molecule has 1 rings (SSSR count). The zero-order valence-corrected chi connectivity index (χ0v) is 14.3. The van der Waals surface area contributed by atoms with Gasteiger partial charge >= 0.3 is 12.0 Å². The van der Waals surface area contributed by atoms with Crippen molar-refractivity contribution >= 4 is 33.6 Å². The average molecular weight is 357 g/mol. The number of amides is 2. The number of rotatable bonds is 4. The van der Waals surface area contributed by atoms with E-state index in [1.54, 1.807) is 0 Å². The molecule has 0 heterocycles. The second kappa shape index (κ2) is 6.93. The van der Waals surface area contributed by atoms with E-state index in [1.165, 1.54) is 4.90 Å². The van der Waals surface area contributed by atoms with E-state index in [9.17, 15) is 9.59 Å². The first-order valence-corrected chi connectivity index (χ1v) is 7.47. The Morgan fingerprint density at radius 3 is 2.43 bits per heavy atom. The Kier molecular flexibility index (Phi) is 5.78. The molecule has 2 N–H and O–H groups in total. The molecule has 0 aliphatic heterocycles. The fourth-order valence-corrected chi connectivity index (χ4v) is 2.37. The number of carbonyl (C=O) groups excluding carboxylic acids is 1. The topological polar surface area (TPSA) is 69.6 Å². The first-order chi connectivity index (χ1) is 9.61. The van der Waals surface area contributed by atoms with E-state index < -0.39 is 11.5 Å². The van der Waals surface area contributed by atoms with E-state index in [0.29, 0.717) is 5.69 Å². The van der Waals surface area contributed by atoms with Gasteiger partial charge in [0.15, 0.2) is 0 Å². The van der Waals surface area contributed by atoms with Gasteiger partial charge in [-0.3, -0.25) is 4.79 Å². The summed E-state index contributed by atoms with van der Waals surface area (Å²) in [5.74, 6) is -0.920. The molecule has 0 aliphatic carbocycles. The zero-order chi connectivity index (χ0) is 16.2. The van der Waals surface area contributed by atoms with E-state index >= 15 is 0 Å². The largest absolute Gasteiger partial charge is 0.481 e. The van der Waals surface area contributed by atoms with Gasteiger partial charge in [0.2, 0.25) is 0 Å². The quantitative estimate of drug-likeness (QED) is 0.860. The number of anilines is 1. The second-order valence-corrected chi connectivity index (χ2v) is 6.77. The molecule has 1 aromatic rings. The van der Waals surface area contributed by atoms with Crippen molar-refractivity contribution < 1.29 is 14.7 Å². The molecule has 0 aliphatic rings. The highest BCUT2D eigenvalue weighted by Gasteiger charge is 2.27. The van der Waals surface area contributed by atoms with Crippen molar-refractivity contribution in [2.24, 2.45) is 0 Å². The van der Waals surface area contributed by atoms with Crippen LogP contribution in [0.3, 0.4) is 0 Å². The maximum absolute atomic E-state index is 12.4. The van der Waals surface area contributed by atoms with Gasteiger partial charge in [-0.15, -0.1) is 0 Å². The van der Waals surface area contributed by atoms with Crippen molar-refractivity contribution in [3.8, 4) is 0 Å². The summed E-state index contributed by atoms with van der Waals surface area (Å²) < 4.78 is 0.941. The second-order valence-electron chi connectivity index (χ2n) is 5.86. The molecule has 6 heteroatoms. The van der Waals surface area contributed by atoms with Crippen molar-refractivity contribution in [2.45, 2.75) is 39.7 Å². The number of aliphatic carboxylic acids is 1. The molecule has 21 heavy (non-hydrogen) atoms. The van der Waals surface area contributed by atoms with Crippen LogP contribution in [0.4, 0.5) is 10.5 Å². The summed E-state index contributed by atoms with van der Waals surface area (Å²) in [7, 11) is 0. The lowest BCUT2D eigenvalue weighted by Gasteiger charge is -2.35. The molecule has 0 atom stereocenters. The summed E-state index contributed by atoms with van der Waals surface area (Å²) in [4.78, 5) is 24.7. The smallest absolute Gasteiger partial charge is 0.322 e. The normalized spacial score (nSPS) is 11.1. The number of aryl methyl sites for hydroxylation is 1. The lowest BCUT2D eigenvalue weighted by Crippen LogP contribution is -2.48. The Bertz CT molecular complexity index is 538. The van der Waals surface area contributed by atoms with E-state index in [2.05, 4.69) is 21.2 Å². The van der Waals surface area contributed by atoms with Gasteiger partial charge in [0.1, 0.15) is 0 Å². The van der Waals surface area contributed by atoms with E-state index in [1.807, 2.05) is 45.9 Å². The predicted molar refractivity (Wildman–Crippen MR) is 86.6 cm³/mol. The molecular weight excluding hydrogens is 336 g/mol. The minimum absolute atomic E-state index is 0.0794. The first kappa shape index (κ1) is 17.5. The number of nitrogens with one attached hydrogen (secondary N) is 1. The number of nitrogens with zero attached hydrogens (tertiary/aromatic N) is 1. The molecule has 0 unspecified atom stereocenters. The summed E-state index contributed by atoms with van der Waals surface area (Å²) in [5.41, 5.74) is 1.19. The van der Waals surface area contributed by atoms with Crippen LogP contribution in [0.25, 0.3) is 0 Å². The Morgan fingerprint density at radius 2 is 1.95 bits per heavy atom. The summed E-state index contributed by atoms with van der Waals surface area (Å²) in [6.07, 6.45) is -0.0794. The highest BCUT2D eigenvalue weighted by molar-refractivity contribution is 9.10. The molecule has 5 nitrogen and oxygen atoms in total. The van der Waals surface area contributed by atoms with Gasteiger partial charge in [-0.1, -0.05) is 15.9 Å². The predicted octanol–water partition coefficient (Wildman–Crippen LogP) is 3.86. The number of carboxylic acids is 1. The maximum atomic E-state index is 12.4. The minimum Gasteiger partial charge on any atom is -0.481 e. The van der Waals surface area contributed by atoms with Crippen LogP contribution in [0.15, 0.2) is 22.7 Å². The zero-order valence-electron chi connectivity index (χ0n) is 12.7. The van der Waals surface area contributed by atoms with Gasteiger partial charge in [-0.2, -0.15) is 0 Å². The van der Waals surface area contributed by atoms with Gasteiger partial charge in [0.05, 0.1) is 6.42 Å². The third-order valence-electron chi connectivity index (χ3n) is 3.03. The number of hydrogen-bond donors (Lipinski definition) is 2. The molecule has 0 bridgehead atoms. The number of carbonyl (C=O) groups is 2. The summed E-state index contributed by atoms with van der Waals surface area (Å²) in [6, 6.07) is 5.28. The Hall–Kier alpha value is -1.56. The molecule has 0 aromatic heterocycles. The molecule has 0 saturated carbocycles. The lowest BCUT2D eigenvalue weighted by molar-refractivity contribution is -0.137. The van der Waals surface area contributed by atoms with Crippen molar-refractivity contribution in [1.29, 1.82) is 0 Å². The van der Waals surface area contributed by atoms with Crippen molar-refractivity contribution in [2.75, 3.05) is 11.9 Å². The van der Waals surface area contributed by atoms with Gasteiger partial charge in [0.25, 0.3) is 0 Å². The van der Waals surface area contributed by atoms with E-state index in [4.69, 9.17) is 5.11 Å². The summed E-state index contributed by atoms with van der Waals surface area (Å²) in [6.45, 7) is 7.70. The molecule has 0 radical (unpaired) electrons. The molecule has 2 amide bonds. The maximum Gasteiger partial charge on any atom is 0.322 e. The molecule has 1 aromatic carbocycles. The van der Waals surface area contributed by atoms with Crippen molar-refractivity contribution in [3.05, 3.63) is 28.2 Å². The molecule has 0 spiro atoms. The average Bonchev–Trinajstić information content (AvgIpc) is 2.30. The van der Waals surface area contributed by atoms with Crippen molar-refractivity contribution in [1.82, 2.24) is 4.90 Å². The number of benzene rings is 1. The van der Waals surface area contributed by atoms with Crippen molar-refractivity contribution in [3.63, 3.8) is 0 Å². The van der Waals surface area contributed by atoms with Crippen LogP contribution in [0.2, 0.25) is 0 Å². The number of carboxylic acid groups (broad SMARTS) is 1. The van der Waals surface area contributed by atoms with Gasteiger partial charge < -0.3 is 15.3 Å². The minimum atomic E-state index is -0.920. The Labute approximate surface area is 133 Å². The Morgan fingerprint density at radius 1 is 1.33 bits per heavy atom. The van der Waals surface area contributed by atoms with Crippen LogP contribution in [0.1, 0.15) is 32.8 Å². The van der Waals surface area contributed by atoms with Gasteiger partial charge in [-0.25, -0.2) is 4.79 Å². The van der Waals surface area contributed by atoms with E-state index in [-0.39, 0.29) is 19.0 Å². The first-order valence-electron chi connectivity index (χ1n) is 6.68. The highest BCUT2D eigenvalue weighted by atomic mass is 79.9. The fourth-order valence-electron chi connectivity index (χ4n) is 1.90. The van der Waals surface area contributed by atoms with Crippen LogP contribution < -0.4 is 5.32 Å². The Balaban J connectivity index is 2.88. The SMILES string of the molecule is Cc1cc(Br)ccc1NC(=O)N(CCC(=O)O)C(C)(C)C. The summed E-state index contributed by atoms with van der Waals surface area (Å²) in [5, 5.41) is 11.7. The molecule has 0 saturated heterocycles. The van der Waals surface area contributed by atoms with Crippen LogP contribution in [0, 0.1) is 6.92 Å². The summed E-state index contributed by atoms with van der Waals surface area (Å²) >= 11 is 3.38. The standard InChI is InChI=1S/C15H21BrN2O3/c1-10-9-11(16)5-6-12(10)17-14(21)18(15(2,3)4)8-7-13(19)20/h5-6,9H,7-8H2,1-4H3,(H,17,21)(H,19,20). The monoisotopic (exact) mass is 356 g/mol. The number of urea groups is 1. The van der Waals surface area contributed by atoms with Gasteiger partial charge in [0, 0.05) is 22.2 Å². The third-order valence-corrected chi connectivity index (χ3v) is 3.53. The highest BCUT2D eigenvalue weighted by Crippen LogP contribution is 2.22. The van der Waals surface area contributed by atoms with Crippen LogP contribution >= 0.6 is 15.9 Å². The van der Waals surface area contributed by atoms with Crippen LogP contribution in [-0.4, -0.2) is 34.1 Å². The number of hydrogen-bond acceptors (Lipinski definition) is 2.